The number of pyridine rings is 1. The summed E-state index contributed by atoms with van der Waals surface area (Å²) in [4.78, 5) is 17.6. The van der Waals surface area contributed by atoms with Crippen LogP contribution in [0.15, 0.2) is 42.7 Å². The highest BCUT2D eigenvalue weighted by Gasteiger charge is 2.16. The lowest BCUT2D eigenvalue weighted by Gasteiger charge is -2.22. The molecule has 0 unspecified atom stereocenters. The molecule has 0 fully saturated rings. The summed E-state index contributed by atoms with van der Waals surface area (Å²) in [6.45, 7) is 2.18. The molecule has 0 aliphatic carbocycles. The summed E-state index contributed by atoms with van der Waals surface area (Å²) in [5, 5.41) is 9.57. The van der Waals surface area contributed by atoms with Crippen LogP contribution in [-0.2, 0) is 11.3 Å². The normalized spacial score (nSPS) is 10.3. The van der Waals surface area contributed by atoms with Gasteiger partial charge in [0, 0.05) is 18.1 Å². The Balaban J connectivity index is 2.32. The topological polar surface area (TPSA) is 53.4 Å². The van der Waals surface area contributed by atoms with Gasteiger partial charge >= 0.3 is 0 Å². The zero-order valence-corrected chi connectivity index (χ0v) is 11.8. The highest BCUT2D eigenvalue weighted by molar-refractivity contribution is 6.29. The van der Waals surface area contributed by atoms with Crippen LogP contribution in [0.1, 0.15) is 11.1 Å². The van der Waals surface area contributed by atoms with Crippen LogP contribution in [0, 0.1) is 6.92 Å². The predicted octanol–water partition coefficient (Wildman–Crippen LogP) is 2.87. The van der Waals surface area contributed by atoms with Crippen LogP contribution in [0.3, 0.4) is 0 Å². The summed E-state index contributed by atoms with van der Waals surface area (Å²) in [5.41, 5.74) is 2.33. The Morgan fingerprint density at radius 1 is 1.40 bits per heavy atom. The van der Waals surface area contributed by atoms with Crippen molar-refractivity contribution in [3.8, 4) is 5.75 Å². The summed E-state index contributed by atoms with van der Waals surface area (Å²) in [7, 11) is 0. The minimum absolute atomic E-state index is 0.0970. The number of amides is 1. The maximum absolute atomic E-state index is 12.0. The van der Waals surface area contributed by atoms with Gasteiger partial charge in [0.15, 0.2) is 0 Å². The number of anilines is 1. The molecule has 2 rings (SSSR count). The number of aromatic hydroxyl groups is 1. The van der Waals surface area contributed by atoms with Gasteiger partial charge in [-0.15, -0.1) is 11.6 Å². The van der Waals surface area contributed by atoms with Gasteiger partial charge in [0.1, 0.15) is 11.6 Å². The minimum Gasteiger partial charge on any atom is -0.508 e. The number of carbonyl (C=O) groups excluding carboxylic acids is 1. The second kappa shape index (κ2) is 6.39. The molecule has 0 saturated carbocycles. The van der Waals surface area contributed by atoms with Crippen LogP contribution in [0.5, 0.6) is 5.75 Å². The van der Waals surface area contributed by atoms with Crippen molar-refractivity contribution in [3.63, 3.8) is 0 Å². The molecular formula is C15H15ClN2O2. The van der Waals surface area contributed by atoms with E-state index >= 15 is 0 Å². The SMILES string of the molecule is Cc1cc(N(Cc2cccnc2)C(=O)CCl)ccc1O. The quantitative estimate of drug-likeness (QED) is 0.881. The molecule has 1 heterocycles. The van der Waals surface area contributed by atoms with Gasteiger partial charge in [-0.2, -0.15) is 0 Å². The van der Waals surface area contributed by atoms with Crippen LogP contribution < -0.4 is 4.90 Å². The number of phenolic OH excluding ortho intramolecular Hbond substituents is 1. The van der Waals surface area contributed by atoms with Crippen LogP contribution in [0.2, 0.25) is 0 Å². The van der Waals surface area contributed by atoms with Gasteiger partial charge in [-0.1, -0.05) is 6.07 Å². The van der Waals surface area contributed by atoms with Crippen molar-refractivity contribution >= 4 is 23.2 Å². The molecule has 0 aliphatic rings. The number of carbonyl (C=O) groups is 1. The Bertz CT molecular complexity index is 602. The smallest absolute Gasteiger partial charge is 0.242 e. The van der Waals surface area contributed by atoms with E-state index in [-0.39, 0.29) is 17.5 Å². The third-order valence-electron chi connectivity index (χ3n) is 2.97. The molecule has 2 aromatic rings. The van der Waals surface area contributed by atoms with Gasteiger partial charge in [-0.25, -0.2) is 0 Å². The molecule has 0 spiro atoms. The van der Waals surface area contributed by atoms with Crippen LogP contribution in [0.4, 0.5) is 5.69 Å². The van der Waals surface area contributed by atoms with Crippen molar-refractivity contribution in [2.75, 3.05) is 10.8 Å². The molecule has 1 amide bonds. The fourth-order valence-corrected chi connectivity index (χ4v) is 2.02. The van der Waals surface area contributed by atoms with Crippen molar-refractivity contribution in [1.29, 1.82) is 0 Å². The lowest BCUT2D eigenvalue weighted by Crippen LogP contribution is -2.31. The number of hydrogen-bond acceptors (Lipinski definition) is 3. The highest BCUT2D eigenvalue weighted by Crippen LogP contribution is 2.24. The molecule has 0 atom stereocenters. The monoisotopic (exact) mass is 290 g/mol. The van der Waals surface area contributed by atoms with E-state index in [0.29, 0.717) is 17.8 Å². The number of aryl methyl sites for hydroxylation is 1. The van der Waals surface area contributed by atoms with E-state index in [1.807, 2.05) is 12.1 Å². The largest absolute Gasteiger partial charge is 0.508 e. The number of hydrogen-bond donors (Lipinski definition) is 1. The van der Waals surface area contributed by atoms with Crippen LogP contribution >= 0.6 is 11.6 Å². The number of nitrogens with zero attached hydrogens (tertiary/aromatic N) is 2. The van der Waals surface area contributed by atoms with E-state index in [1.54, 1.807) is 42.4 Å². The lowest BCUT2D eigenvalue weighted by molar-refractivity contribution is -0.116. The van der Waals surface area contributed by atoms with Gasteiger partial charge < -0.3 is 10.0 Å². The number of rotatable bonds is 4. The summed E-state index contributed by atoms with van der Waals surface area (Å²) < 4.78 is 0. The molecule has 5 heteroatoms. The molecular weight excluding hydrogens is 276 g/mol. The van der Waals surface area contributed by atoms with Gasteiger partial charge in [-0.05, 0) is 42.3 Å². The molecule has 1 aromatic carbocycles. The Morgan fingerprint density at radius 3 is 2.80 bits per heavy atom. The fraction of sp³-hybridized carbons (Fsp3) is 0.200. The van der Waals surface area contributed by atoms with Gasteiger partial charge in [0.25, 0.3) is 0 Å². The van der Waals surface area contributed by atoms with Crippen LogP contribution in [-0.4, -0.2) is 21.9 Å². The summed E-state index contributed by atoms with van der Waals surface area (Å²) >= 11 is 5.68. The van der Waals surface area contributed by atoms with Crippen LogP contribution in [0.25, 0.3) is 0 Å². The van der Waals surface area contributed by atoms with Crippen molar-refractivity contribution in [2.24, 2.45) is 0 Å². The first-order valence-corrected chi connectivity index (χ1v) is 6.70. The minimum atomic E-state index is -0.194. The van der Waals surface area contributed by atoms with Crippen molar-refractivity contribution in [3.05, 3.63) is 53.9 Å². The molecule has 0 radical (unpaired) electrons. The van der Waals surface area contributed by atoms with Crippen molar-refractivity contribution < 1.29 is 9.90 Å². The second-order valence-electron chi connectivity index (χ2n) is 4.45. The molecule has 104 valence electrons. The summed E-state index contributed by atoms with van der Waals surface area (Å²) in [6.07, 6.45) is 3.39. The van der Waals surface area contributed by atoms with Crippen molar-refractivity contribution in [1.82, 2.24) is 4.98 Å². The molecule has 1 aromatic heterocycles. The first-order valence-electron chi connectivity index (χ1n) is 6.16. The number of aromatic nitrogens is 1. The maximum Gasteiger partial charge on any atom is 0.242 e. The Labute approximate surface area is 122 Å². The van der Waals surface area contributed by atoms with E-state index in [2.05, 4.69) is 4.98 Å². The highest BCUT2D eigenvalue weighted by atomic mass is 35.5. The Hall–Kier alpha value is -2.07. The zero-order valence-electron chi connectivity index (χ0n) is 11.1. The van der Waals surface area contributed by atoms with E-state index in [4.69, 9.17) is 11.6 Å². The first-order chi connectivity index (χ1) is 9.61. The number of alkyl halides is 1. The second-order valence-corrected chi connectivity index (χ2v) is 4.71. The lowest BCUT2D eigenvalue weighted by atomic mass is 10.1. The molecule has 0 aliphatic heterocycles. The molecule has 0 bridgehead atoms. The van der Waals surface area contributed by atoms with E-state index in [9.17, 15) is 9.90 Å². The Kier molecular flexibility index (Phi) is 4.58. The summed E-state index contributed by atoms with van der Waals surface area (Å²) in [5.74, 6) is -0.0887. The van der Waals surface area contributed by atoms with Gasteiger partial charge in [-0.3, -0.25) is 9.78 Å². The standard InChI is InChI=1S/C15H15ClN2O2/c1-11-7-13(4-5-14(11)19)18(15(20)8-16)10-12-3-2-6-17-9-12/h2-7,9,19H,8,10H2,1H3. The summed E-state index contributed by atoms with van der Waals surface area (Å²) in [6, 6.07) is 8.75. The maximum atomic E-state index is 12.0. The van der Waals surface area contributed by atoms with Gasteiger partial charge in [0.05, 0.1) is 6.54 Å². The zero-order chi connectivity index (χ0) is 14.5. The predicted molar refractivity (Wildman–Crippen MR) is 79.0 cm³/mol. The number of phenols is 1. The molecule has 1 N–H and O–H groups in total. The molecule has 20 heavy (non-hydrogen) atoms. The average molecular weight is 291 g/mol. The average Bonchev–Trinajstić information content (AvgIpc) is 2.48. The van der Waals surface area contributed by atoms with Crippen molar-refractivity contribution in [2.45, 2.75) is 13.5 Å². The Morgan fingerprint density at radius 2 is 2.20 bits per heavy atom. The molecule has 0 saturated heterocycles. The van der Waals surface area contributed by atoms with Gasteiger partial charge in [0.2, 0.25) is 5.91 Å². The number of benzene rings is 1. The first kappa shape index (κ1) is 14.3. The molecule has 4 nitrogen and oxygen atoms in total. The fourth-order valence-electron chi connectivity index (χ4n) is 1.88. The number of halogens is 1. The third kappa shape index (κ3) is 3.27. The van der Waals surface area contributed by atoms with E-state index in [1.165, 1.54) is 0 Å². The van der Waals surface area contributed by atoms with E-state index in [0.717, 1.165) is 5.56 Å². The third-order valence-corrected chi connectivity index (χ3v) is 3.20. The van der Waals surface area contributed by atoms with E-state index < -0.39 is 0 Å².